The minimum atomic E-state index is -0.469. The van der Waals surface area contributed by atoms with Crippen molar-refractivity contribution < 1.29 is 13.9 Å². The number of nitrogens with zero attached hydrogens (tertiary/aromatic N) is 3. The van der Waals surface area contributed by atoms with Crippen molar-refractivity contribution in [1.29, 1.82) is 5.26 Å². The maximum atomic E-state index is 13.0. The lowest BCUT2D eigenvalue weighted by molar-refractivity contribution is -0.117. The van der Waals surface area contributed by atoms with Crippen LogP contribution in [-0.2, 0) is 4.79 Å². The molecule has 0 aliphatic heterocycles. The Morgan fingerprint density at radius 2 is 1.81 bits per heavy atom. The molecule has 1 amide bonds. The van der Waals surface area contributed by atoms with Gasteiger partial charge in [0.1, 0.15) is 17.3 Å². The van der Waals surface area contributed by atoms with Gasteiger partial charge in [-0.3, -0.25) is 4.79 Å². The summed E-state index contributed by atoms with van der Waals surface area (Å²) in [5, 5.41) is 18.4. The predicted molar refractivity (Wildman–Crippen MR) is 142 cm³/mol. The van der Waals surface area contributed by atoms with Crippen molar-refractivity contribution in [3.05, 3.63) is 108 Å². The Morgan fingerprint density at radius 3 is 2.51 bits per heavy atom. The molecule has 1 atom stereocenters. The second-order valence-electron chi connectivity index (χ2n) is 8.48. The van der Waals surface area contributed by atoms with E-state index in [4.69, 9.17) is 14.3 Å². The van der Waals surface area contributed by atoms with Crippen molar-refractivity contribution in [1.82, 2.24) is 15.1 Å². The molecule has 0 bridgehead atoms. The van der Waals surface area contributed by atoms with E-state index in [-0.39, 0.29) is 11.6 Å². The minimum Gasteiger partial charge on any atom is -0.493 e. The van der Waals surface area contributed by atoms with Gasteiger partial charge in [-0.25, -0.2) is 4.68 Å². The first-order chi connectivity index (χ1) is 18.1. The van der Waals surface area contributed by atoms with Crippen LogP contribution in [0.1, 0.15) is 24.1 Å². The summed E-state index contributed by atoms with van der Waals surface area (Å²) in [4.78, 5) is 13.0. The summed E-state index contributed by atoms with van der Waals surface area (Å²) < 4.78 is 13.3. The molecule has 37 heavy (non-hydrogen) atoms. The molecule has 0 spiro atoms. The zero-order chi connectivity index (χ0) is 25.8. The Hall–Kier alpha value is -5.09. The van der Waals surface area contributed by atoms with Crippen molar-refractivity contribution >= 4 is 23.0 Å². The van der Waals surface area contributed by atoms with Crippen LogP contribution in [0, 0.1) is 11.3 Å². The van der Waals surface area contributed by atoms with E-state index in [0.29, 0.717) is 28.4 Å². The van der Waals surface area contributed by atoms with E-state index in [9.17, 15) is 10.1 Å². The van der Waals surface area contributed by atoms with Gasteiger partial charge in [-0.15, -0.1) is 0 Å². The van der Waals surface area contributed by atoms with Gasteiger partial charge in [-0.1, -0.05) is 60.7 Å². The third-order valence-corrected chi connectivity index (χ3v) is 6.04. The summed E-state index contributed by atoms with van der Waals surface area (Å²) >= 11 is 0. The van der Waals surface area contributed by atoms with E-state index in [1.165, 1.54) is 0 Å². The minimum absolute atomic E-state index is 0.0367. The number of para-hydroxylation sites is 2. The van der Waals surface area contributed by atoms with Crippen LogP contribution in [0.3, 0.4) is 0 Å². The van der Waals surface area contributed by atoms with Gasteiger partial charge in [-0.2, -0.15) is 10.4 Å². The zero-order valence-corrected chi connectivity index (χ0v) is 20.4. The Labute approximate surface area is 214 Å². The molecule has 3 aromatic carbocycles. The lowest BCUT2D eigenvalue weighted by Crippen LogP contribution is -2.27. The third-order valence-electron chi connectivity index (χ3n) is 6.04. The highest BCUT2D eigenvalue weighted by atomic mass is 16.5. The molecule has 2 heterocycles. The van der Waals surface area contributed by atoms with Gasteiger partial charge >= 0.3 is 0 Å². The van der Waals surface area contributed by atoms with Crippen LogP contribution in [0.25, 0.3) is 34.2 Å². The number of rotatable bonds is 7. The number of nitrogens with one attached hydrogen (secondary N) is 1. The quantitative estimate of drug-likeness (QED) is 0.221. The molecule has 0 aliphatic rings. The molecule has 1 N–H and O–H groups in total. The maximum absolute atomic E-state index is 13.0. The zero-order valence-electron chi connectivity index (χ0n) is 20.4. The molecule has 0 saturated heterocycles. The molecule has 1 unspecified atom stereocenters. The van der Waals surface area contributed by atoms with Gasteiger partial charge in [0.2, 0.25) is 0 Å². The number of nitriles is 1. The van der Waals surface area contributed by atoms with E-state index in [1.54, 1.807) is 24.1 Å². The second kappa shape index (κ2) is 10.3. The number of hydrogen-bond donors (Lipinski definition) is 1. The number of amides is 1. The van der Waals surface area contributed by atoms with E-state index < -0.39 is 5.91 Å². The first-order valence-corrected chi connectivity index (χ1v) is 11.8. The number of furan rings is 1. The van der Waals surface area contributed by atoms with Crippen LogP contribution in [-0.4, -0.2) is 22.8 Å². The maximum Gasteiger partial charge on any atom is 0.262 e. The second-order valence-corrected chi connectivity index (χ2v) is 8.48. The van der Waals surface area contributed by atoms with E-state index >= 15 is 0 Å². The number of carbonyl (C=O) groups is 1. The van der Waals surface area contributed by atoms with E-state index in [1.807, 2.05) is 97.9 Å². The topological polar surface area (TPSA) is 93.1 Å². The Bertz CT molecular complexity index is 1630. The SMILES string of the molecule is COc1cccc2cc(-c3nn(-c4ccccc4)cc3/C=C(/C#N)C(=O)NC(C)c3ccccc3)oc12. The molecule has 2 aromatic heterocycles. The Balaban J connectivity index is 1.57. The van der Waals surface area contributed by atoms with Crippen LogP contribution in [0.2, 0.25) is 0 Å². The van der Waals surface area contributed by atoms with Crippen molar-refractivity contribution in [3.63, 3.8) is 0 Å². The Morgan fingerprint density at radius 1 is 1.08 bits per heavy atom. The number of carbonyl (C=O) groups excluding carboxylic acids is 1. The number of methoxy groups -OCH3 is 1. The fourth-order valence-electron chi connectivity index (χ4n) is 4.11. The van der Waals surface area contributed by atoms with E-state index in [2.05, 4.69) is 5.32 Å². The molecule has 0 radical (unpaired) electrons. The normalized spacial score (nSPS) is 12.2. The Kier molecular flexibility index (Phi) is 6.56. The summed E-state index contributed by atoms with van der Waals surface area (Å²) in [7, 11) is 1.59. The number of aromatic nitrogens is 2. The van der Waals surface area contributed by atoms with E-state index in [0.717, 1.165) is 16.6 Å². The highest BCUT2D eigenvalue weighted by Crippen LogP contribution is 2.35. The van der Waals surface area contributed by atoms with Gasteiger partial charge in [0, 0.05) is 17.1 Å². The molecule has 0 aliphatic carbocycles. The van der Waals surface area contributed by atoms with Crippen LogP contribution < -0.4 is 10.1 Å². The highest BCUT2D eigenvalue weighted by molar-refractivity contribution is 6.02. The molecule has 0 fully saturated rings. The summed E-state index contributed by atoms with van der Waals surface area (Å²) in [5.74, 6) is 0.634. The van der Waals surface area contributed by atoms with Gasteiger partial charge in [-0.05, 0) is 42.8 Å². The van der Waals surface area contributed by atoms with Crippen molar-refractivity contribution in [3.8, 4) is 29.0 Å². The van der Waals surface area contributed by atoms with Crippen LogP contribution in [0.5, 0.6) is 5.75 Å². The van der Waals surface area contributed by atoms with Crippen LogP contribution in [0.4, 0.5) is 0 Å². The number of ether oxygens (including phenoxy) is 1. The lowest BCUT2D eigenvalue weighted by atomic mass is 10.1. The average molecular weight is 489 g/mol. The number of hydrogen-bond acceptors (Lipinski definition) is 5. The summed E-state index contributed by atoms with van der Waals surface area (Å²) in [5.41, 5.74) is 3.41. The lowest BCUT2D eigenvalue weighted by Gasteiger charge is -2.13. The molecule has 7 nitrogen and oxygen atoms in total. The molecule has 5 aromatic rings. The number of fused-ring (bicyclic) bond motifs is 1. The largest absolute Gasteiger partial charge is 0.493 e. The fourth-order valence-corrected chi connectivity index (χ4v) is 4.11. The first kappa shape index (κ1) is 23.6. The van der Waals surface area contributed by atoms with Gasteiger partial charge < -0.3 is 14.5 Å². The van der Waals surface area contributed by atoms with Crippen LogP contribution in [0.15, 0.2) is 101 Å². The van der Waals surface area contributed by atoms with Crippen molar-refractivity contribution in [2.24, 2.45) is 0 Å². The summed E-state index contributed by atoms with van der Waals surface area (Å²) in [6.07, 6.45) is 3.32. The molecular formula is C30H24N4O3. The number of benzene rings is 3. The van der Waals surface area contributed by atoms with Gasteiger partial charge in [0.15, 0.2) is 17.1 Å². The average Bonchev–Trinajstić information content (AvgIpc) is 3.56. The monoisotopic (exact) mass is 488 g/mol. The fraction of sp³-hybridized carbons (Fsp3) is 0.100. The highest BCUT2D eigenvalue weighted by Gasteiger charge is 2.20. The smallest absolute Gasteiger partial charge is 0.262 e. The third kappa shape index (κ3) is 4.86. The standard InChI is InChI=1S/C30H24N4O3/c1-20(21-10-5-3-6-11-21)32-30(35)23(18-31)16-24-19-34(25-13-7-4-8-14-25)33-28(24)27-17-22-12-9-15-26(36-2)29(22)37-27/h3-17,19-20H,1-2H3,(H,32,35)/b23-16-. The molecule has 5 rings (SSSR count). The summed E-state index contributed by atoms with van der Waals surface area (Å²) in [6.45, 7) is 1.88. The van der Waals surface area contributed by atoms with Gasteiger partial charge in [0.25, 0.3) is 5.91 Å². The molecule has 182 valence electrons. The molecular weight excluding hydrogens is 464 g/mol. The molecule has 0 saturated carbocycles. The molecule has 7 heteroatoms. The van der Waals surface area contributed by atoms with Crippen molar-refractivity contribution in [2.75, 3.05) is 7.11 Å². The van der Waals surface area contributed by atoms with Gasteiger partial charge in [0.05, 0.1) is 18.8 Å². The van der Waals surface area contributed by atoms with Crippen molar-refractivity contribution in [2.45, 2.75) is 13.0 Å². The summed E-state index contributed by atoms with van der Waals surface area (Å²) in [6, 6.07) is 28.5. The predicted octanol–water partition coefficient (Wildman–Crippen LogP) is 6.08. The first-order valence-electron chi connectivity index (χ1n) is 11.8. The van der Waals surface area contributed by atoms with Crippen LogP contribution >= 0.6 is 0 Å².